The Morgan fingerprint density at radius 1 is 1.04 bits per heavy atom. The van der Waals surface area contributed by atoms with Gasteiger partial charge in [0.25, 0.3) is 0 Å². The zero-order chi connectivity index (χ0) is 18.0. The van der Waals surface area contributed by atoms with Gasteiger partial charge in [0.05, 0.1) is 11.0 Å². The van der Waals surface area contributed by atoms with Gasteiger partial charge in [0.15, 0.2) is 0 Å². The minimum absolute atomic E-state index is 0.0225. The third-order valence-electron chi connectivity index (χ3n) is 3.54. The van der Waals surface area contributed by atoms with E-state index in [2.05, 4.69) is 6.58 Å². The second-order valence-corrected chi connectivity index (χ2v) is 5.39. The molecule has 1 rings (SSSR count). The van der Waals surface area contributed by atoms with Crippen molar-refractivity contribution in [1.82, 2.24) is 0 Å². The fourth-order valence-corrected chi connectivity index (χ4v) is 1.85. The quantitative estimate of drug-likeness (QED) is 0.392. The molecule has 24 heavy (non-hydrogen) atoms. The Labute approximate surface area is 141 Å². The lowest BCUT2D eigenvalue weighted by atomic mass is 9.88. The van der Waals surface area contributed by atoms with E-state index in [0.29, 0.717) is 12.0 Å². The second kappa shape index (κ2) is 9.50. The van der Waals surface area contributed by atoms with Gasteiger partial charge < -0.3 is 14.2 Å². The molecule has 0 N–H and O–H groups in total. The summed E-state index contributed by atoms with van der Waals surface area (Å²) >= 11 is 0. The lowest BCUT2D eigenvalue weighted by Crippen LogP contribution is -2.38. The maximum Gasteiger partial charge on any atom is 0.338 e. The van der Waals surface area contributed by atoms with Gasteiger partial charge in [0, 0.05) is 13.0 Å². The van der Waals surface area contributed by atoms with Crippen molar-refractivity contribution in [3.63, 3.8) is 0 Å². The third kappa shape index (κ3) is 6.24. The van der Waals surface area contributed by atoms with E-state index in [-0.39, 0.29) is 19.8 Å². The lowest BCUT2D eigenvalue weighted by molar-refractivity contribution is -0.152. The molecule has 130 valence electrons. The van der Waals surface area contributed by atoms with E-state index in [9.17, 15) is 14.4 Å². The molecule has 6 heteroatoms. The van der Waals surface area contributed by atoms with Crippen LogP contribution in [-0.2, 0) is 23.8 Å². The molecule has 0 radical (unpaired) electrons. The van der Waals surface area contributed by atoms with Gasteiger partial charge in [0.1, 0.15) is 19.8 Å². The van der Waals surface area contributed by atoms with Gasteiger partial charge in [0.2, 0.25) is 0 Å². The monoisotopic (exact) mass is 334 g/mol. The fourth-order valence-electron chi connectivity index (χ4n) is 1.85. The molecule has 0 amide bonds. The highest BCUT2D eigenvalue weighted by Crippen LogP contribution is 2.25. The Bertz CT molecular complexity index is 580. The number of carbonyl (C=O) groups excluding carboxylic acids is 3. The van der Waals surface area contributed by atoms with Gasteiger partial charge in [-0.25, -0.2) is 9.59 Å². The van der Waals surface area contributed by atoms with Crippen LogP contribution in [0, 0.1) is 5.41 Å². The largest absolute Gasteiger partial charge is 0.465 e. The van der Waals surface area contributed by atoms with Crippen molar-refractivity contribution in [2.24, 2.45) is 5.41 Å². The molecule has 1 atom stereocenters. The van der Waals surface area contributed by atoms with Gasteiger partial charge in [-0.2, -0.15) is 0 Å². The number of ether oxygens (including phenoxy) is 3. The molecule has 0 aliphatic heterocycles. The lowest BCUT2D eigenvalue weighted by Gasteiger charge is -2.30. The molecule has 0 aliphatic rings. The van der Waals surface area contributed by atoms with Crippen LogP contribution in [0.5, 0.6) is 0 Å². The number of rotatable bonds is 9. The number of carbonyl (C=O) groups is 3. The highest BCUT2D eigenvalue weighted by Gasteiger charge is 2.33. The van der Waals surface area contributed by atoms with Gasteiger partial charge >= 0.3 is 17.9 Å². The van der Waals surface area contributed by atoms with Crippen molar-refractivity contribution >= 4 is 17.9 Å². The second-order valence-electron chi connectivity index (χ2n) is 5.39. The predicted molar refractivity (Wildman–Crippen MR) is 87.2 cm³/mol. The summed E-state index contributed by atoms with van der Waals surface area (Å²) in [4.78, 5) is 34.5. The van der Waals surface area contributed by atoms with Gasteiger partial charge in [-0.1, -0.05) is 31.7 Å². The van der Waals surface area contributed by atoms with E-state index < -0.39 is 23.3 Å². The molecule has 1 aromatic rings. The Kier molecular flexibility index (Phi) is 7.68. The molecule has 6 nitrogen and oxygen atoms in total. The van der Waals surface area contributed by atoms with Crippen LogP contribution in [0.3, 0.4) is 0 Å². The summed E-state index contributed by atoms with van der Waals surface area (Å²) in [5, 5.41) is 0. The molecule has 1 aromatic carbocycles. The first-order valence-electron chi connectivity index (χ1n) is 7.57. The molecule has 1 unspecified atom stereocenters. The van der Waals surface area contributed by atoms with Crippen LogP contribution in [0.1, 0.15) is 30.6 Å². The number of hydrogen-bond donors (Lipinski definition) is 0. The van der Waals surface area contributed by atoms with Gasteiger partial charge in [-0.05, 0) is 18.6 Å². The van der Waals surface area contributed by atoms with E-state index in [1.807, 2.05) is 6.92 Å². The summed E-state index contributed by atoms with van der Waals surface area (Å²) in [5.41, 5.74) is -0.396. The summed E-state index contributed by atoms with van der Waals surface area (Å²) in [6, 6.07) is 8.53. The first-order valence-corrected chi connectivity index (χ1v) is 7.57. The molecule has 0 fully saturated rings. The van der Waals surface area contributed by atoms with Crippen LogP contribution in [0.4, 0.5) is 0 Å². The van der Waals surface area contributed by atoms with Crippen molar-refractivity contribution in [3.8, 4) is 0 Å². The third-order valence-corrected chi connectivity index (χ3v) is 3.54. The van der Waals surface area contributed by atoms with Crippen molar-refractivity contribution in [3.05, 3.63) is 48.6 Å². The molecule has 0 aromatic heterocycles. The Balaban J connectivity index is 2.78. The van der Waals surface area contributed by atoms with E-state index in [1.165, 1.54) is 6.92 Å². The van der Waals surface area contributed by atoms with Gasteiger partial charge in [-0.3, -0.25) is 4.79 Å². The van der Waals surface area contributed by atoms with Crippen molar-refractivity contribution < 1.29 is 28.6 Å². The Hall–Kier alpha value is -2.63. The van der Waals surface area contributed by atoms with Gasteiger partial charge in [-0.15, -0.1) is 0 Å². The van der Waals surface area contributed by atoms with Crippen LogP contribution in [0.25, 0.3) is 0 Å². The summed E-state index contributed by atoms with van der Waals surface area (Å²) in [6.07, 6.45) is 1.52. The van der Waals surface area contributed by atoms with Crippen molar-refractivity contribution in [2.75, 3.05) is 19.8 Å². The van der Waals surface area contributed by atoms with Crippen LogP contribution < -0.4 is 0 Å². The van der Waals surface area contributed by atoms with Crippen molar-refractivity contribution in [2.45, 2.75) is 20.3 Å². The molecule has 0 saturated carbocycles. The zero-order valence-corrected chi connectivity index (χ0v) is 13.9. The standard InChI is InChI=1S/C18H22O6/c1-4-16(20)23-12-18(5-2,11-22-14(3)19)13-24-17(21)15-9-7-6-8-10-15/h4,6-10H,1,5,11-13H2,2-3H3. The Morgan fingerprint density at radius 3 is 2.17 bits per heavy atom. The smallest absolute Gasteiger partial charge is 0.338 e. The van der Waals surface area contributed by atoms with Crippen LogP contribution in [0.15, 0.2) is 43.0 Å². The predicted octanol–water partition coefficient (Wildman–Crippen LogP) is 2.53. The molecular formula is C18H22O6. The normalized spacial score (nSPS) is 12.6. The van der Waals surface area contributed by atoms with Crippen LogP contribution >= 0.6 is 0 Å². The highest BCUT2D eigenvalue weighted by atomic mass is 16.6. The topological polar surface area (TPSA) is 78.9 Å². The molecular weight excluding hydrogens is 312 g/mol. The summed E-state index contributed by atoms with van der Waals surface area (Å²) in [7, 11) is 0. The summed E-state index contributed by atoms with van der Waals surface area (Å²) in [6.45, 7) is 6.33. The minimum Gasteiger partial charge on any atom is -0.465 e. The first-order chi connectivity index (χ1) is 11.4. The van der Waals surface area contributed by atoms with Crippen molar-refractivity contribution in [1.29, 1.82) is 0 Å². The molecule has 0 bridgehead atoms. The highest BCUT2D eigenvalue weighted by molar-refractivity contribution is 5.89. The summed E-state index contributed by atoms with van der Waals surface area (Å²) in [5.74, 6) is -1.55. The zero-order valence-electron chi connectivity index (χ0n) is 13.9. The van der Waals surface area contributed by atoms with Crippen LogP contribution in [-0.4, -0.2) is 37.7 Å². The average molecular weight is 334 g/mol. The van der Waals surface area contributed by atoms with Crippen LogP contribution in [0.2, 0.25) is 0 Å². The first kappa shape index (κ1) is 19.4. The Morgan fingerprint density at radius 2 is 1.62 bits per heavy atom. The SMILES string of the molecule is C=CC(=O)OCC(CC)(COC(C)=O)COC(=O)c1ccccc1. The number of esters is 3. The molecule has 0 spiro atoms. The van der Waals surface area contributed by atoms with E-state index in [1.54, 1.807) is 30.3 Å². The summed E-state index contributed by atoms with van der Waals surface area (Å²) < 4.78 is 15.5. The minimum atomic E-state index is -0.811. The molecule has 0 heterocycles. The average Bonchev–Trinajstić information content (AvgIpc) is 2.61. The number of hydrogen-bond acceptors (Lipinski definition) is 6. The maximum absolute atomic E-state index is 12.1. The molecule has 0 aliphatic carbocycles. The molecule has 0 saturated heterocycles. The number of benzene rings is 1. The van der Waals surface area contributed by atoms with E-state index in [4.69, 9.17) is 14.2 Å². The van der Waals surface area contributed by atoms with E-state index >= 15 is 0 Å². The van der Waals surface area contributed by atoms with E-state index in [0.717, 1.165) is 6.08 Å². The maximum atomic E-state index is 12.1. The fraction of sp³-hybridized carbons (Fsp3) is 0.389.